The van der Waals surface area contributed by atoms with Gasteiger partial charge in [-0.15, -0.1) is 11.6 Å². The molecule has 0 saturated carbocycles. The molecule has 0 radical (unpaired) electrons. The van der Waals surface area contributed by atoms with E-state index in [2.05, 4.69) is 41.7 Å². The Morgan fingerprint density at radius 3 is 2.70 bits per heavy atom. The lowest BCUT2D eigenvalue weighted by Crippen LogP contribution is -2.22. The first-order valence-electron chi connectivity index (χ1n) is 6.95. The zero-order valence-electron chi connectivity index (χ0n) is 11.3. The molecule has 3 heteroatoms. The quantitative estimate of drug-likeness (QED) is 0.853. The highest BCUT2D eigenvalue weighted by Crippen LogP contribution is 2.27. The molecule has 2 aromatic carbocycles. The minimum Gasteiger partial charge on any atom is -0.382 e. The highest BCUT2D eigenvalue weighted by atomic mass is 35.5. The number of benzene rings is 2. The fourth-order valence-electron chi connectivity index (χ4n) is 2.57. The van der Waals surface area contributed by atoms with Crippen molar-refractivity contribution in [2.75, 3.05) is 18.5 Å². The highest BCUT2D eigenvalue weighted by Gasteiger charge is 2.19. The van der Waals surface area contributed by atoms with E-state index in [0.29, 0.717) is 5.88 Å². The molecule has 104 valence electrons. The summed E-state index contributed by atoms with van der Waals surface area (Å²) in [7, 11) is 0. The van der Waals surface area contributed by atoms with Gasteiger partial charge in [0, 0.05) is 18.1 Å². The van der Waals surface area contributed by atoms with E-state index in [1.54, 1.807) is 0 Å². The molecule has 2 aromatic rings. The zero-order valence-corrected chi connectivity index (χ0v) is 12.1. The van der Waals surface area contributed by atoms with E-state index < -0.39 is 0 Å². The van der Waals surface area contributed by atoms with Gasteiger partial charge in [-0.25, -0.2) is 0 Å². The molecule has 0 fully saturated rings. The van der Waals surface area contributed by atoms with Gasteiger partial charge in [-0.3, -0.25) is 0 Å². The fourth-order valence-corrected chi connectivity index (χ4v) is 2.75. The second kappa shape index (κ2) is 6.29. The van der Waals surface area contributed by atoms with E-state index in [4.69, 9.17) is 16.3 Å². The number of hydrogen-bond acceptors (Lipinski definition) is 2. The number of alkyl halides is 1. The Bertz CT molecular complexity index is 567. The summed E-state index contributed by atoms with van der Waals surface area (Å²) < 4.78 is 5.89. The molecule has 1 aliphatic rings. The highest BCUT2D eigenvalue weighted by molar-refractivity contribution is 6.17. The maximum Gasteiger partial charge on any atom is 0.0999 e. The lowest BCUT2D eigenvalue weighted by molar-refractivity contribution is 0.0513. The van der Waals surface area contributed by atoms with E-state index in [1.807, 2.05) is 12.1 Å². The summed E-state index contributed by atoms with van der Waals surface area (Å²) in [5, 5.41) is 3.44. The molecular weight excluding hydrogens is 270 g/mol. The minimum atomic E-state index is 0.132. The first kappa shape index (κ1) is 13.5. The van der Waals surface area contributed by atoms with Crippen molar-refractivity contribution in [2.45, 2.75) is 18.4 Å². The number of anilines is 1. The Balaban J connectivity index is 1.66. The molecule has 1 unspecified atom stereocenters. The van der Waals surface area contributed by atoms with Gasteiger partial charge in [-0.05, 0) is 35.2 Å². The molecule has 0 amide bonds. The van der Waals surface area contributed by atoms with Gasteiger partial charge in [-0.1, -0.05) is 36.4 Å². The van der Waals surface area contributed by atoms with Crippen LogP contribution in [0.4, 0.5) is 5.69 Å². The van der Waals surface area contributed by atoms with Gasteiger partial charge >= 0.3 is 0 Å². The van der Waals surface area contributed by atoms with Gasteiger partial charge in [-0.2, -0.15) is 0 Å². The van der Waals surface area contributed by atoms with Gasteiger partial charge < -0.3 is 10.1 Å². The Labute approximate surface area is 124 Å². The molecule has 0 aliphatic carbocycles. The van der Waals surface area contributed by atoms with Gasteiger partial charge in [0.1, 0.15) is 0 Å². The van der Waals surface area contributed by atoms with E-state index in [0.717, 1.165) is 30.8 Å². The average molecular weight is 288 g/mol. The Morgan fingerprint density at radius 1 is 1.10 bits per heavy atom. The Hall–Kier alpha value is -1.51. The van der Waals surface area contributed by atoms with Crippen LogP contribution in [0.15, 0.2) is 48.5 Å². The molecule has 1 heterocycles. The molecule has 3 rings (SSSR count). The van der Waals surface area contributed by atoms with Crippen LogP contribution < -0.4 is 5.32 Å². The number of ether oxygens (including phenoxy) is 1. The Kier molecular flexibility index (Phi) is 4.24. The van der Waals surface area contributed by atoms with Crippen molar-refractivity contribution in [3.05, 3.63) is 65.2 Å². The average Bonchev–Trinajstić information content (AvgIpc) is 2.53. The van der Waals surface area contributed by atoms with Crippen molar-refractivity contribution < 1.29 is 4.74 Å². The van der Waals surface area contributed by atoms with Crippen molar-refractivity contribution in [3.63, 3.8) is 0 Å². The zero-order chi connectivity index (χ0) is 13.8. The molecular formula is C17H18ClNO. The van der Waals surface area contributed by atoms with Crippen molar-refractivity contribution >= 4 is 17.3 Å². The molecule has 0 aromatic heterocycles. The lowest BCUT2D eigenvalue weighted by Gasteiger charge is -2.26. The van der Waals surface area contributed by atoms with Crippen molar-refractivity contribution in [3.8, 4) is 0 Å². The van der Waals surface area contributed by atoms with Gasteiger partial charge in [0.2, 0.25) is 0 Å². The monoisotopic (exact) mass is 287 g/mol. The van der Waals surface area contributed by atoms with Crippen LogP contribution in [0.1, 0.15) is 22.8 Å². The summed E-state index contributed by atoms with van der Waals surface area (Å²) in [5.74, 6) is 0.555. The van der Waals surface area contributed by atoms with Crippen LogP contribution >= 0.6 is 11.6 Å². The summed E-state index contributed by atoms with van der Waals surface area (Å²) >= 11 is 5.79. The number of fused-ring (bicyclic) bond motifs is 1. The predicted molar refractivity (Wildman–Crippen MR) is 83.3 cm³/mol. The SMILES string of the molecule is ClCc1ccc(NCC2OCCc3ccccc32)cc1. The van der Waals surface area contributed by atoms with Crippen LogP contribution in [0.5, 0.6) is 0 Å². The van der Waals surface area contributed by atoms with Crippen molar-refractivity contribution in [2.24, 2.45) is 0 Å². The third-order valence-corrected chi connectivity index (χ3v) is 4.00. The molecule has 0 bridgehead atoms. The maximum atomic E-state index is 5.89. The number of rotatable bonds is 4. The normalized spacial score (nSPS) is 17.6. The van der Waals surface area contributed by atoms with E-state index in [9.17, 15) is 0 Å². The van der Waals surface area contributed by atoms with Gasteiger partial charge in [0.15, 0.2) is 0 Å². The van der Waals surface area contributed by atoms with Crippen LogP contribution in [-0.2, 0) is 17.0 Å². The van der Waals surface area contributed by atoms with Crippen molar-refractivity contribution in [1.82, 2.24) is 0 Å². The second-order valence-corrected chi connectivity index (χ2v) is 5.29. The third-order valence-electron chi connectivity index (χ3n) is 3.69. The number of hydrogen-bond donors (Lipinski definition) is 1. The van der Waals surface area contributed by atoms with Gasteiger partial charge in [0.25, 0.3) is 0 Å². The van der Waals surface area contributed by atoms with E-state index in [-0.39, 0.29) is 6.10 Å². The Morgan fingerprint density at radius 2 is 1.90 bits per heavy atom. The molecule has 1 atom stereocenters. The van der Waals surface area contributed by atoms with Gasteiger partial charge in [0.05, 0.1) is 12.7 Å². The van der Waals surface area contributed by atoms with E-state index in [1.165, 1.54) is 11.1 Å². The molecule has 1 N–H and O–H groups in total. The van der Waals surface area contributed by atoms with Crippen LogP contribution in [0.2, 0.25) is 0 Å². The topological polar surface area (TPSA) is 21.3 Å². The first-order valence-corrected chi connectivity index (χ1v) is 7.48. The first-order chi connectivity index (χ1) is 9.86. The molecule has 1 aliphatic heterocycles. The summed E-state index contributed by atoms with van der Waals surface area (Å²) in [6.07, 6.45) is 1.14. The number of halogens is 1. The molecule has 0 spiro atoms. The van der Waals surface area contributed by atoms with Crippen LogP contribution in [0.3, 0.4) is 0 Å². The molecule has 20 heavy (non-hydrogen) atoms. The maximum absolute atomic E-state index is 5.89. The molecule has 0 saturated heterocycles. The fraction of sp³-hybridized carbons (Fsp3) is 0.294. The van der Waals surface area contributed by atoms with Crippen molar-refractivity contribution in [1.29, 1.82) is 0 Å². The smallest absolute Gasteiger partial charge is 0.0999 e. The standard InChI is InChI=1S/C17H18ClNO/c18-11-13-5-7-15(8-6-13)19-12-17-16-4-2-1-3-14(16)9-10-20-17/h1-8,17,19H,9-12H2. The lowest BCUT2D eigenvalue weighted by atomic mass is 9.97. The molecule has 2 nitrogen and oxygen atoms in total. The largest absolute Gasteiger partial charge is 0.382 e. The predicted octanol–water partition coefficient (Wildman–Crippen LogP) is 4.15. The van der Waals surface area contributed by atoms with E-state index >= 15 is 0 Å². The summed E-state index contributed by atoms with van der Waals surface area (Å²) in [6.45, 7) is 1.59. The van der Waals surface area contributed by atoms with Crippen LogP contribution in [0.25, 0.3) is 0 Å². The van der Waals surface area contributed by atoms with Crippen LogP contribution in [-0.4, -0.2) is 13.2 Å². The number of nitrogens with one attached hydrogen (secondary N) is 1. The summed E-state index contributed by atoms with van der Waals surface area (Å²) in [5.41, 5.74) is 4.95. The summed E-state index contributed by atoms with van der Waals surface area (Å²) in [4.78, 5) is 0. The summed E-state index contributed by atoms with van der Waals surface area (Å²) in [6, 6.07) is 16.8. The third kappa shape index (κ3) is 2.97. The minimum absolute atomic E-state index is 0.132. The van der Waals surface area contributed by atoms with Crippen LogP contribution in [0, 0.1) is 0 Å². The second-order valence-electron chi connectivity index (χ2n) is 5.02.